The molecule has 1 aromatic heterocycles. The summed E-state index contributed by atoms with van der Waals surface area (Å²) in [7, 11) is 0. The Balaban J connectivity index is 1.53. The summed E-state index contributed by atoms with van der Waals surface area (Å²) in [5.74, 6) is 2.18. The molecule has 0 saturated carbocycles. The Morgan fingerprint density at radius 3 is 3.17 bits per heavy atom. The van der Waals surface area contributed by atoms with Gasteiger partial charge in [0.25, 0.3) is 0 Å². The van der Waals surface area contributed by atoms with Gasteiger partial charge in [-0.25, -0.2) is 9.97 Å². The molecule has 6 nitrogen and oxygen atoms in total. The van der Waals surface area contributed by atoms with E-state index in [-0.39, 0.29) is 6.61 Å². The summed E-state index contributed by atoms with van der Waals surface area (Å²) >= 11 is 0. The molecule has 1 saturated heterocycles. The predicted octanol–water partition coefficient (Wildman–Crippen LogP) is 1.83. The second-order valence-electron chi connectivity index (χ2n) is 6.26. The van der Waals surface area contributed by atoms with Crippen molar-refractivity contribution in [1.29, 1.82) is 0 Å². The van der Waals surface area contributed by atoms with Gasteiger partial charge < -0.3 is 20.1 Å². The normalized spacial score (nSPS) is 21.9. The lowest BCUT2D eigenvalue weighted by atomic mass is 9.99. The van der Waals surface area contributed by atoms with Crippen LogP contribution in [0.4, 0.5) is 11.6 Å². The molecule has 1 fully saturated rings. The first-order valence-corrected chi connectivity index (χ1v) is 8.52. The van der Waals surface area contributed by atoms with Crippen molar-refractivity contribution >= 4 is 11.6 Å². The van der Waals surface area contributed by atoms with Crippen LogP contribution in [0.1, 0.15) is 25.7 Å². The van der Waals surface area contributed by atoms with Crippen LogP contribution in [-0.4, -0.2) is 54.5 Å². The Bertz CT molecular complexity index is 535. The number of hydrogen-bond donors (Lipinski definition) is 2. The van der Waals surface area contributed by atoms with Gasteiger partial charge in [-0.1, -0.05) is 11.6 Å². The largest absolute Gasteiger partial charge is 0.396 e. The second kappa shape index (κ2) is 8.26. The number of nitrogens with one attached hydrogen (secondary N) is 1. The Kier molecular flexibility index (Phi) is 5.82. The lowest BCUT2D eigenvalue weighted by Crippen LogP contribution is -2.37. The lowest BCUT2D eigenvalue weighted by Gasteiger charge is -2.32. The summed E-state index contributed by atoms with van der Waals surface area (Å²) in [4.78, 5) is 11.0. The maximum atomic E-state index is 9.36. The van der Waals surface area contributed by atoms with Crippen molar-refractivity contribution in [3.63, 3.8) is 0 Å². The highest BCUT2D eigenvalue weighted by atomic mass is 16.5. The number of aliphatic hydroxyl groups is 1. The summed E-state index contributed by atoms with van der Waals surface area (Å²) in [6, 6.07) is 2.01. The quantitative estimate of drug-likeness (QED) is 0.780. The number of piperidine rings is 1. The fourth-order valence-corrected chi connectivity index (χ4v) is 3.18. The zero-order valence-corrected chi connectivity index (χ0v) is 13.6. The Morgan fingerprint density at radius 1 is 1.39 bits per heavy atom. The van der Waals surface area contributed by atoms with E-state index in [1.807, 2.05) is 6.07 Å². The molecule has 0 amide bonds. The molecule has 1 aromatic rings. The lowest BCUT2D eigenvalue weighted by molar-refractivity contribution is 0.153. The molecule has 126 valence electrons. The second-order valence-corrected chi connectivity index (χ2v) is 6.26. The Hall–Kier alpha value is -1.66. The first kappa shape index (κ1) is 16.2. The first-order chi connectivity index (χ1) is 11.3. The Labute approximate surface area is 137 Å². The molecule has 0 radical (unpaired) electrons. The Morgan fingerprint density at radius 2 is 2.35 bits per heavy atom. The molecule has 0 aliphatic carbocycles. The van der Waals surface area contributed by atoms with Gasteiger partial charge in [0.1, 0.15) is 18.0 Å². The van der Waals surface area contributed by atoms with Gasteiger partial charge in [0.2, 0.25) is 0 Å². The molecule has 2 aliphatic heterocycles. The van der Waals surface area contributed by atoms with E-state index in [1.54, 1.807) is 6.33 Å². The van der Waals surface area contributed by atoms with Gasteiger partial charge >= 0.3 is 0 Å². The highest BCUT2D eigenvalue weighted by Crippen LogP contribution is 2.22. The van der Waals surface area contributed by atoms with Crippen LogP contribution in [0, 0.1) is 5.92 Å². The summed E-state index contributed by atoms with van der Waals surface area (Å²) in [6.45, 7) is 4.59. The number of anilines is 2. The third kappa shape index (κ3) is 4.65. The molecule has 1 unspecified atom stereocenters. The van der Waals surface area contributed by atoms with E-state index < -0.39 is 0 Å². The first-order valence-electron chi connectivity index (χ1n) is 8.52. The van der Waals surface area contributed by atoms with E-state index in [0.29, 0.717) is 5.92 Å². The summed E-state index contributed by atoms with van der Waals surface area (Å²) in [5.41, 5.74) is 1.46. The van der Waals surface area contributed by atoms with Crippen LogP contribution < -0.4 is 10.2 Å². The van der Waals surface area contributed by atoms with Crippen molar-refractivity contribution in [1.82, 2.24) is 9.97 Å². The zero-order valence-electron chi connectivity index (χ0n) is 13.6. The van der Waals surface area contributed by atoms with E-state index in [9.17, 15) is 5.11 Å². The molecule has 0 aromatic carbocycles. The standard InChI is InChI=1S/C17H26N4O2/c22-12-15-2-1-7-21(11-15)17-10-16(19-13-20-17)18-6-3-14-4-8-23-9-5-14/h4,10,13,15,22H,1-3,5-9,11-12H2,(H,18,19,20). The van der Waals surface area contributed by atoms with Gasteiger partial charge in [0.15, 0.2) is 0 Å². The number of nitrogens with zero attached hydrogens (tertiary/aromatic N) is 3. The van der Waals surface area contributed by atoms with E-state index in [0.717, 1.165) is 70.2 Å². The molecule has 2 N–H and O–H groups in total. The summed E-state index contributed by atoms with van der Waals surface area (Å²) < 4.78 is 5.32. The zero-order chi connectivity index (χ0) is 15.9. The van der Waals surface area contributed by atoms with Crippen molar-refractivity contribution in [2.24, 2.45) is 5.92 Å². The van der Waals surface area contributed by atoms with E-state index in [2.05, 4.69) is 26.3 Å². The fraction of sp³-hybridized carbons (Fsp3) is 0.647. The number of hydrogen-bond acceptors (Lipinski definition) is 6. The van der Waals surface area contributed by atoms with Crippen LogP contribution in [0.5, 0.6) is 0 Å². The minimum absolute atomic E-state index is 0.255. The molecule has 3 heterocycles. The third-order valence-electron chi connectivity index (χ3n) is 4.56. The van der Waals surface area contributed by atoms with Gasteiger partial charge in [-0.15, -0.1) is 0 Å². The minimum atomic E-state index is 0.255. The molecule has 6 heteroatoms. The van der Waals surface area contributed by atoms with Crippen molar-refractivity contribution in [3.05, 3.63) is 24.0 Å². The fourth-order valence-electron chi connectivity index (χ4n) is 3.18. The maximum Gasteiger partial charge on any atom is 0.134 e. The van der Waals surface area contributed by atoms with E-state index in [1.165, 1.54) is 5.57 Å². The summed E-state index contributed by atoms with van der Waals surface area (Å²) in [5, 5.41) is 12.8. The SMILES string of the molecule is OCC1CCCN(c2cc(NCCC3=CCOCC3)ncn2)C1. The average molecular weight is 318 g/mol. The number of aromatic nitrogens is 2. The van der Waals surface area contributed by atoms with E-state index >= 15 is 0 Å². The smallest absolute Gasteiger partial charge is 0.134 e. The third-order valence-corrected chi connectivity index (χ3v) is 4.56. The van der Waals surface area contributed by atoms with Gasteiger partial charge in [0.05, 0.1) is 13.2 Å². The molecule has 23 heavy (non-hydrogen) atoms. The van der Waals surface area contributed by atoms with Crippen LogP contribution in [0.3, 0.4) is 0 Å². The van der Waals surface area contributed by atoms with Gasteiger partial charge in [-0.05, 0) is 31.6 Å². The number of ether oxygens (including phenoxy) is 1. The van der Waals surface area contributed by atoms with Crippen molar-refractivity contribution in [2.45, 2.75) is 25.7 Å². The van der Waals surface area contributed by atoms with Crippen LogP contribution in [0.25, 0.3) is 0 Å². The predicted molar refractivity (Wildman–Crippen MR) is 90.7 cm³/mol. The maximum absolute atomic E-state index is 9.36. The van der Waals surface area contributed by atoms with Gasteiger partial charge in [0, 0.05) is 32.3 Å². The molecule has 1 atom stereocenters. The van der Waals surface area contributed by atoms with Gasteiger partial charge in [-0.2, -0.15) is 0 Å². The monoisotopic (exact) mass is 318 g/mol. The molecule has 0 bridgehead atoms. The van der Waals surface area contributed by atoms with Crippen molar-refractivity contribution in [3.8, 4) is 0 Å². The number of aliphatic hydroxyl groups excluding tert-OH is 1. The van der Waals surface area contributed by atoms with E-state index in [4.69, 9.17) is 4.74 Å². The molecule has 0 spiro atoms. The van der Waals surface area contributed by atoms with Crippen LogP contribution in [-0.2, 0) is 4.74 Å². The topological polar surface area (TPSA) is 70.5 Å². The summed E-state index contributed by atoms with van der Waals surface area (Å²) in [6.07, 6.45) is 8.07. The van der Waals surface area contributed by atoms with Crippen molar-refractivity contribution in [2.75, 3.05) is 49.7 Å². The molecular formula is C17H26N4O2. The van der Waals surface area contributed by atoms with Crippen LogP contribution >= 0.6 is 0 Å². The minimum Gasteiger partial charge on any atom is -0.396 e. The number of rotatable bonds is 6. The van der Waals surface area contributed by atoms with Gasteiger partial charge in [-0.3, -0.25) is 0 Å². The highest BCUT2D eigenvalue weighted by molar-refractivity contribution is 5.48. The molecular weight excluding hydrogens is 292 g/mol. The molecule has 3 rings (SSSR count). The van der Waals surface area contributed by atoms with Crippen LogP contribution in [0.15, 0.2) is 24.0 Å². The molecule has 2 aliphatic rings. The average Bonchev–Trinajstić information content (AvgIpc) is 2.63. The van der Waals surface area contributed by atoms with Crippen LogP contribution in [0.2, 0.25) is 0 Å². The van der Waals surface area contributed by atoms with Crippen molar-refractivity contribution < 1.29 is 9.84 Å². The highest BCUT2D eigenvalue weighted by Gasteiger charge is 2.20.